The van der Waals surface area contributed by atoms with Crippen molar-refractivity contribution in [2.75, 3.05) is 20.2 Å². The first-order chi connectivity index (χ1) is 16.7. The average Bonchev–Trinajstić information content (AvgIpc) is 3.48. The quantitative estimate of drug-likeness (QED) is 0.525. The number of hydrogen-bond donors (Lipinski definition) is 1. The van der Waals surface area contributed by atoms with Gasteiger partial charge >= 0.3 is 6.09 Å². The van der Waals surface area contributed by atoms with Crippen molar-refractivity contribution in [3.8, 4) is 5.13 Å². The Labute approximate surface area is 206 Å². The minimum absolute atomic E-state index is 0.0261. The van der Waals surface area contributed by atoms with Crippen LogP contribution in [0.4, 0.5) is 9.18 Å². The number of carbonyl (C=O) groups excluding carboxylic acids is 2. The molecule has 186 valence electrons. The smallest absolute Gasteiger partial charge is 0.410 e. The van der Waals surface area contributed by atoms with Crippen LogP contribution in [-0.2, 0) is 9.57 Å². The number of hydroxylamine groups is 1. The molecule has 2 atom stereocenters. The number of nitrogens with one attached hydrogen (secondary N) is 1. The number of ether oxygens (including phenoxy) is 1. The van der Waals surface area contributed by atoms with Crippen LogP contribution < -0.4 is 5.48 Å². The fourth-order valence-corrected chi connectivity index (χ4v) is 4.99. The highest BCUT2D eigenvalue weighted by Crippen LogP contribution is 2.41. The van der Waals surface area contributed by atoms with E-state index in [0.717, 1.165) is 11.3 Å². The molecule has 1 saturated heterocycles. The van der Waals surface area contributed by atoms with Crippen LogP contribution in [0.5, 0.6) is 0 Å². The number of rotatable bonds is 5. The first kappa shape index (κ1) is 24.8. The van der Waals surface area contributed by atoms with Crippen LogP contribution in [0.2, 0.25) is 0 Å². The molecule has 3 aromatic rings. The number of amides is 2. The van der Waals surface area contributed by atoms with Crippen molar-refractivity contribution in [2.45, 2.75) is 44.6 Å². The van der Waals surface area contributed by atoms with Crippen molar-refractivity contribution in [3.05, 3.63) is 64.7 Å². The Hall–Kier alpha value is -3.31. The summed E-state index contributed by atoms with van der Waals surface area (Å²) in [7, 11) is 1.36. The zero-order valence-electron chi connectivity index (χ0n) is 20.0. The number of likely N-dealkylation sites (tertiary alicyclic amines) is 1. The maximum atomic E-state index is 13.7. The molecule has 1 aliphatic rings. The maximum absolute atomic E-state index is 13.7. The predicted octanol–water partition coefficient (Wildman–Crippen LogP) is 4.27. The van der Waals surface area contributed by atoms with Crippen LogP contribution in [0.25, 0.3) is 5.13 Å². The van der Waals surface area contributed by atoms with E-state index in [2.05, 4.69) is 20.4 Å². The molecule has 0 radical (unpaired) electrons. The zero-order valence-corrected chi connectivity index (χ0v) is 20.8. The van der Waals surface area contributed by atoms with E-state index in [1.54, 1.807) is 33.3 Å². The summed E-state index contributed by atoms with van der Waals surface area (Å²) >= 11 is 1.29. The van der Waals surface area contributed by atoms with Gasteiger partial charge < -0.3 is 9.64 Å². The van der Waals surface area contributed by atoms with Gasteiger partial charge in [0.25, 0.3) is 5.91 Å². The Bertz CT molecular complexity index is 1190. The van der Waals surface area contributed by atoms with Crippen LogP contribution >= 0.6 is 11.3 Å². The molecule has 2 unspecified atom stereocenters. The topological polar surface area (TPSA) is 98.6 Å². The summed E-state index contributed by atoms with van der Waals surface area (Å²) in [4.78, 5) is 35.7. The standard InChI is InChI=1S/C24H28FN5O4S/c1-24(2,3)34-23(32)29-12-10-17(18(13-29)15-5-7-16(25)8-6-15)20-9-11-26-30(20)22-27-19(14-35-22)21(31)28-33-4/h5-9,11,14,17-18H,10,12-13H2,1-4H3,(H,28,31). The van der Waals surface area contributed by atoms with Crippen molar-refractivity contribution in [2.24, 2.45) is 0 Å². The molecule has 0 saturated carbocycles. The Kier molecular flexibility index (Phi) is 7.18. The van der Waals surface area contributed by atoms with Crippen LogP contribution in [0.3, 0.4) is 0 Å². The minimum Gasteiger partial charge on any atom is -0.444 e. The molecule has 2 aromatic heterocycles. The number of benzene rings is 1. The average molecular weight is 502 g/mol. The lowest BCUT2D eigenvalue weighted by atomic mass is 9.79. The lowest BCUT2D eigenvalue weighted by molar-refractivity contribution is 0.0182. The summed E-state index contributed by atoms with van der Waals surface area (Å²) in [6, 6.07) is 8.28. The van der Waals surface area contributed by atoms with Crippen molar-refractivity contribution in [1.29, 1.82) is 0 Å². The SMILES string of the molecule is CONC(=O)c1csc(-n2nccc2C2CCN(C(=O)OC(C)(C)C)CC2c2ccc(F)cc2)n1. The van der Waals surface area contributed by atoms with E-state index in [-0.39, 0.29) is 29.4 Å². The van der Waals surface area contributed by atoms with Gasteiger partial charge in [-0.3, -0.25) is 9.63 Å². The third kappa shape index (κ3) is 5.68. The van der Waals surface area contributed by atoms with Gasteiger partial charge in [-0.25, -0.2) is 24.3 Å². The minimum atomic E-state index is -0.602. The molecule has 4 rings (SSSR count). The van der Waals surface area contributed by atoms with Crippen LogP contribution in [-0.4, -0.2) is 57.5 Å². The number of halogens is 1. The lowest BCUT2D eigenvalue weighted by Gasteiger charge is -2.39. The Morgan fingerprint density at radius 1 is 1.17 bits per heavy atom. The molecule has 0 bridgehead atoms. The number of carbonyl (C=O) groups is 2. The van der Waals surface area contributed by atoms with E-state index < -0.39 is 11.5 Å². The monoisotopic (exact) mass is 501 g/mol. The summed E-state index contributed by atoms with van der Waals surface area (Å²) in [6.07, 6.45) is 1.97. The van der Waals surface area contributed by atoms with Gasteiger partial charge in [0.05, 0.1) is 12.8 Å². The first-order valence-electron chi connectivity index (χ1n) is 11.2. The molecule has 3 heterocycles. The Morgan fingerprint density at radius 2 is 1.91 bits per heavy atom. The molecule has 9 nitrogen and oxygen atoms in total. The largest absolute Gasteiger partial charge is 0.444 e. The molecule has 1 aromatic carbocycles. The summed E-state index contributed by atoms with van der Waals surface area (Å²) in [5, 5.41) is 6.64. The number of nitrogens with zero attached hydrogens (tertiary/aromatic N) is 4. The molecule has 1 N–H and O–H groups in total. The van der Waals surface area contributed by atoms with Crippen LogP contribution in [0.1, 0.15) is 60.8 Å². The number of piperidine rings is 1. The molecule has 1 aliphatic heterocycles. The van der Waals surface area contributed by atoms with Gasteiger partial charge in [-0.05, 0) is 51.0 Å². The predicted molar refractivity (Wildman–Crippen MR) is 128 cm³/mol. The van der Waals surface area contributed by atoms with Gasteiger partial charge in [-0.15, -0.1) is 11.3 Å². The van der Waals surface area contributed by atoms with E-state index >= 15 is 0 Å². The fraction of sp³-hybridized carbons (Fsp3) is 0.417. The van der Waals surface area contributed by atoms with Crippen molar-refractivity contribution < 1.29 is 23.6 Å². The maximum Gasteiger partial charge on any atom is 0.410 e. The first-order valence-corrected chi connectivity index (χ1v) is 12.1. The molecule has 1 fully saturated rings. The number of aromatic nitrogens is 3. The second kappa shape index (κ2) is 10.1. The molecule has 2 amide bonds. The fourth-order valence-electron chi connectivity index (χ4n) is 4.21. The van der Waals surface area contributed by atoms with Gasteiger partial charge in [0.2, 0.25) is 5.13 Å². The van der Waals surface area contributed by atoms with E-state index in [4.69, 9.17) is 4.74 Å². The highest BCUT2D eigenvalue weighted by molar-refractivity contribution is 7.12. The third-order valence-electron chi connectivity index (χ3n) is 5.72. The molecule has 0 aliphatic carbocycles. The van der Waals surface area contributed by atoms with Crippen molar-refractivity contribution in [1.82, 2.24) is 25.1 Å². The van der Waals surface area contributed by atoms with Crippen LogP contribution in [0.15, 0.2) is 41.9 Å². The molecule has 0 spiro atoms. The summed E-state index contributed by atoms with van der Waals surface area (Å²) < 4.78 is 21.0. The Morgan fingerprint density at radius 3 is 2.60 bits per heavy atom. The van der Waals surface area contributed by atoms with Crippen molar-refractivity contribution >= 4 is 23.3 Å². The third-order valence-corrected chi connectivity index (χ3v) is 6.53. The second-order valence-electron chi connectivity index (χ2n) is 9.30. The number of thiazole rings is 1. The van der Waals surface area contributed by atoms with Gasteiger partial charge in [0.1, 0.15) is 17.1 Å². The number of hydrogen-bond acceptors (Lipinski definition) is 7. The van der Waals surface area contributed by atoms with Crippen molar-refractivity contribution in [3.63, 3.8) is 0 Å². The molecule has 35 heavy (non-hydrogen) atoms. The van der Waals surface area contributed by atoms with Crippen LogP contribution in [0, 0.1) is 5.82 Å². The van der Waals surface area contributed by atoms with E-state index in [1.807, 2.05) is 26.8 Å². The van der Waals surface area contributed by atoms with E-state index in [0.29, 0.717) is 24.6 Å². The molecule has 11 heteroatoms. The summed E-state index contributed by atoms with van der Waals surface area (Å²) in [5.74, 6) is -0.913. The molecular weight excluding hydrogens is 473 g/mol. The molecular formula is C24H28FN5O4S. The Balaban J connectivity index is 1.65. The summed E-state index contributed by atoms with van der Waals surface area (Å²) in [5.41, 5.74) is 3.70. The highest BCUT2D eigenvalue weighted by atomic mass is 32.1. The normalized spacial score (nSPS) is 18.4. The lowest BCUT2D eigenvalue weighted by Crippen LogP contribution is -2.44. The van der Waals surface area contributed by atoms with Gasteiger partial charge in [-0.2, -0.15) is 5.10 Å². The van der Waals surface area contributed by atoms with Gasteiger partial charge in [-0.1, -0.05) is 12.1 Å². The zero-order chi connectivity index (χ0) is 25.2. The summed E-state index contributed by atoms with van der Waals surface area (Å²) in [6.45, 7) is 6.42. The second-order valence-corrected chi connectivity index (χ2v) is 10.1. The highest BCUT2D eigenvalue weighted by Gasteiger charge is 2.37. The van der Waals surface area contributed by atoms with Gasteiger partial charge in [0, 0.05) is 36.5 Å². The van der Waals surface area contributed by atoms with E-state index in [9.17, 15) is 14.0 Å². The van der Waals surface area contributed by atoms with Gasteiger partial charge in [0.15, 0.2) is 0 Å². The van der Waals surface area contributed by atoms with E-state index in [1.165, 1.54) is 30.6 Å².